The highest BCUT2D eigenvalue weighted by atomic mass is 16.2. The van der Waals surface area contributed by atoms with E-state index >= 15 is 0 Å². The van der Waals surface area contributed by atoms with E-state index in [-0.39, 0.29) is 11.9 Å². The summed E-state index contributed by atoms with van der Waals surface area (Å²) in [4.78, 5) is 16.4. The van der Waals surface area contributed by atoms with Crippen LogP contribution in [-0.2, 0) is 4.79 Å². The molecule has 1 aliphatic rings. The lowest BCUT2D eigenvalue weighted by molar-refractivity contribution is -0.125. The number of anilines is 2. The second-order valence-electron chi connectivity index (χ2n) is 5.15. The van der Waals surface area contributed by atoms with Gasteiger partial charge < -0.3 is 16.0 Å². The normalized spacial score (nSPS) is 17.8. The zero-order chi connectivity index (χ0) is 14.5. The van der Waals surface area contributed by atoms with Crippen LogP contribution in [0.3, 0.4) is 0 Å². The van der Waals surface area contributed by atoms with Crippen molar-refractivity contribution >= 4 is 17.3 Å². The van der Waals surface area contributed by atoms with Gasteiger partial charge in [0.1, 0.15) is 0 Å². The van der Waals surface area contributed by atoms with E-state index in [9.17, 15) is 4.79 Å². The smallest absolute Gasteiger partial charge is 0.237 e. The van der Waals surface area contributed by atoms with Crippen molar-refractivity contribution in [2.45, 2.75) is 19.9 Å². The van der Waals surface area contributed by atoms with Crippen molar-refractivity contribution in [1.29, 1.82) is 0 Å². The number of para-hydroxylation sites is 2. The fourth-order valence-electron chi connectivity index (χ4n) is 2.61. The second-order valence-corrected chi connectivity index (χ2v) is 5.15. The van der Waals surface area contributed by atoms with Gasteiger partial charge >= 0.3 is 0 Å². The van der Waals surface area contributed by atoms with Crippen molar-refractivity contribution in [2.75, 3.05) is 43.4 Å². The Labute approximate surface area is 120 Å². The Morgan fingerprint density at radius 3 is 2.55 bits per heavy atom. The molecule has 0 spiro atoms. The molecule has 1 amide bonds. The first-order chi connectivity index (χ1) is 9.63. The Bertz CT molecular complexity index is 455. The molecule has 1 aromatic carbocycles. The van der Waals surface area contributed by atoms with E-state index in [2.05, 4.69) is 21.2 Å². The number of benzene rings is 1. The summed E-state index contributed by atoms with van der Waals surface area (Å²) in [5.74, 6) is 0.111. The molecule has 1 aromatic rings. The molecule has 0 radical (unpaired) electrons. The van der Waals surface area contributed by atoms with Gasteiger partial charge in [-0.05, 0) is 26.0 Å². The van der Waals surface area contributed by atoms with Gasteiger partial charge in [0, 0.05) is 32.7 Å². The number of amides is 1. The molecule has 0 bridgehead atoms. The standard InChI is InChI=1S/C15H24N4O/c1-3-17-15(20)12(2)18-8-10-19(11-9-18)14-7-5-4-6-13(14)16/h4-7,12H,3,8-11,16H2,1-2H3,(H,17,20). The number of nitrogen functional groups attached to an aromatic ring is 1. The summed E-state index contributed by atoms with van der Waals surface area (Å²) in [7, 11) is 0. The van der Waals surface area contributed by atoms with E-state index in [1.165, 1.54) is 0 Å². The number of hydrogen-bond donors (Lipinski definition) is 2. The average Bonchev–Trinajstić information content (AvgIpc) is 2.47. The van der Waals surface area contributed by atoms with Crippen LogP contribution in [-0.4, -0.2) is 49.6 Å². The van der Waals surface area contributed by atoms with Crippen molar-refractivity contribution in [2.24, 2.45) is 0 Å². The minimum absolute atomic E-state index is 0.0646. The molecular weight excluding hydrogens is 252 g/mol. The van der Waals surface area contributed by atoms with E-state index in [1.807, 2.05) is 32.0 Å². The number of nitrogens with one attached hydrogen (secondary N) is 1. The van der Waals surface area contributed by atoms with Gasteiger partial charge in [0.25, 0.3) is 0 Å². The molecule has 1 unspecified atom stereocenters. The molecule has 110 valence electrons. The highest BCUT2D eigenvalue weighted by Crippen LogP contribution is 2.23. The minimum Gasteiger partial charge on any atom is -0.397 e. The predicted molar refractivity (Wildman–Crippen MR) is 82.8 cm³/mol. The molecule has 1 aliphatic heterocycles. The molecule has 0 aromatic heterocycles. The first-order valence-electron chi connectivity index (χ1n) is 7.24. The Kier molecular flexibility index (Phi) is 4.84. The van der Waals surface area contributed by atoms with Crippen LogP contribution in [0.4, 0.5) is 11.4 Å². The van der Waals surface area contributed by atoms with Crippen LogP contribution in [0.15, 0.2) is 24.3 Å². The molecule has 1 saturated heterocycles. The summed E-state index contributed by atoms with van der Waals surface area (Å²) in [5, 5.41) is 2.88. The van der Waals surface area contributed by atoms with Gasteiger partial charge in [0.2, 0.25) is 5.91 Å². The summed E-state index contributed by atoms with van der Waals surface area (Å²) < 4.78 is 0. The molecule has 1 atom stereocenters. The molecule has 3 N–H and O–H groups in total. The summed E-state index contributed by atoms with van der Waals surface area (Å²) in [6.07, 6.45) is 0. The third-order valence-corrected chi connectivity index (χ3v) is 3.87. The summed E-state index contributed by atoms with van der Waals surface area (Å²) in [6, 6.07) is 7.88. The zero-order valence-corrected chi connectivity index (χ0v) is 12.3. The number of nitrogens with two attached hydrogens (primary N) is 1. The lowest BCUT2D eigenvalue weighted by atomic mass is 10.2. The van der Waals surface area contributed by atoms with Gasteiger partial charge in [-0.1, -0.05) is 12.1 Å². The quantitative estimate of drug-likeness (QED) is 0.803. The van der Waals surface area contributed by atoms with Crippen LogP contribution in [0.5, 0.6) is 0 Å². The lowest BCUT2D eigenvalue weighted by Crippen LogP contribution is -2.54. The van der Waals surface area contributed by atoms with Crippen molar-refractivity contribution in [3.05, 3.63) is 24.3 Å². The third-order valence-electron chi connectivity index (χ3n) is 3.87. The maximum absolute atomic E-state index is 11.9. The van der Waals surface area contributed by atoms with Gasteiger partial charge in [-0.15, -0.1) is 0 Å². The second kappa shape index (κ2) is 6.61. The summed E-state index contributed by atoms with van der Waals surface area (Å²) >= 11 is 0. The first-order valence-corrected chi connectivity index (χ1v) is 7.24. The topological polar surface area (TPSA) is 61.6 Å². The molecule has 20 heavy (non-hydrogen) atoms. The summed E-state index contributed by atoms with van der Waals surface area (Å²) in [5.41, 5.74) is 7.93. The van der Waals surface area contributed by atoms with Gasteiger partial charge in [0.15, 0.2) is 0 Å². The molecule has 1 fully saturated rings. The molecule has 5 nitrogen and oxygen atoms in total. The SMILES string of the molecule is CCNC(=O)C(C)N1CCN(c2ccccc2N)CC1. The van der Waals surface area contributed by atoms with E-state index in [1.54, 1.807) is 0 Å². The number of likely N-dealkylation sites (N-methyl/N-ethyl adjacent to an activating group) is 1. The number of hydrogen-bond acceptors (Lipinski definition) is 4. The van der Waals surface area contributed by atoms with Gasteiger partial charge in [-0.3, -0.25) is 9.69 Å². The predicted octanol–water partition coefficient (Wildman–Crippen LogP) is 0.915. The van der Waals surface area contributed by atoms with Gasteiger partial charge in [0.05, 0.1) is 17.4 Å². The Morgan fingerprint density at radius 1 is 1.30 bits per heavy atom. The highest BCUT2D eigenvalue weighted by Gasteiger charge is 2.25. The van der Waals surface area contributed by atoms with Crippen LogP contribution in [0.25, 0.3) is 0 Å². The fraction of sp³-hybridized carbons (Fsp3) is 0.533. The Balaban J connectivity index is 1.92. The molecular formula is C15H24N4O. The Morgan fingerprint density at radius 2 is 1.95 bits per heavy atom. The average molecular weight is 276 g/mol. The first kappa shape index (κ1) is 14.7. The molecule has 1 heterocycles. The number of piperazine rings is 1. The highest BCUT2D eigenvalue weighted by molar-refractivity contribution is 5.81. The molecule has 0 aliphatic carbocycles. The number of carbonyl (C=O) groups is 1. The third kappa shape index (κ3) is 3.22. The minimum atomic E-state index is -0.0646. The van der Waals surface area contributed by atoms with Crippen molar-refractivity contribution in [1.82, 2.24) is 10.2 Å². The number of carbonyl (C=O) groups excluding carboxylic acids is 1. The van der Waals surface area contributed by atoms with Crippen molar-refractivity contribution in [3.63, 3.8) is 0 Å². The molecule has 2 rings (SSSR count). The maximum atomic E-state index is 11.9. The molecule has 0 saturated carbocycles. The largest absolute Gasteiger partial charge is 0.397 e. The number of nitrogens with zero attached hydrogens (tertiary/aromatic N) is 2. The Hall–Kier alpha value is -1.75. The van der Waals surface area contributed by atoms with Crippen LogP contribution in [0.2, 0.25) is 0 Å². The monoisotopic (exact) mass is 276 g/mol. The van der Waals surface area contributed by atoms with Crippen LogP contribution in [0, 0.1) is 0 Å². The lowest BCUT2D eigenvalue weighted by Gasteiger charge is -2.38. The maximum Gasteiger partial charge on any atom is 0.237 e. The van der Waals surface area contributed by atoms with Crippen molar-refractivity contribution < 1.29 is 4.79 Å². The fourth-order valence-corrected chi connectivity index (χ4v) is 2.61. The molecule has 5 heteroatoms. The van der Waals surface area contributed by atoms with Crippen LogP contribution < -0.4 is 16.0 Å². The number of rotatable bonds is 4. The van der Waals surface area contributed by atoms with E-state index < -0.39 is 0 Å². The van der Waals surface area contributed by atoms with E-state index in [0.717, 1.165) is 37.6 Å². The van der Waals surface area contributed by atoms with E-state index in [0.29, 0.717) is 6.54 Å². The van der Waals surface area contributed by atoms with Crippen LogP contribution >= 0.6 is 0 Å². The van der Waals surface area contributed by atoms with Gasteiger partial charge in [-0.2, -0.15) is 0 Å². The zero-order valence-electron chi connectivity index (χ0n) is 12.3. The van der Waals surface area contributed by atoms with Crippen molar-refractivity contribution in [3.8, 4) is 0 Å². The summed E-state index contributed by atoms with van der Waals surface area (Å²) in [6.45, 7) is 8.16. The van der Waals surface area contributed by atoms with Crippen LogP contribution in [0.1, 0.15) is 13.8 Å². The van der Waals surface area contributed by atoms with E-state index in [4.69, 9.17) is 5.73 Å². The van der Waals surface area contributed by atoms with Gasteiger partial charge in [-0.25, -0.2) is 0 Å².